The van der Waals surface area contributed by atoms with Gasteiger partial charge in [-0.1, -0.05) is 23.8 Å². The molecule has 0 aliphatic carbocycles. The van der Waals surface area contributed by atoms with Crippen LogP contribution in [0.4, 0.5) is 5.82 Å². The lowest BCUT2D eigenvalue weighted by Gasteiger charge is -2.31. The number of aryl methyl sites for hydroxylation is 2. The summed E-state index contributed by atoms with van der Waals surface area (Å²) in [5.41, 5.74) is 1.69. The summed E-state index contributed by atoms with van der Waals surface area (Å²) in [5.74, 6) is -0.0119. The largest absolute Gasteiger partial charge is 0.344 e. The molecule has 10 nitrogen and oxygen atoms in total. The standard InChI is InChI=1S/C25H30N6O4S/c1-17-7-9-21(10-8-17)36(34,35)30-14-11-20(12-15-30)25(33)27-19(3)24(32)28-23-16-18(2)29-31(23)22-6-4-5-13-26-22/h4-10,13,16,19-20H,11-12,14-15H2,1-3H3,(H,27,33)(H,28,32)/t19-/m0/s1. The van der Waals surface area contributed by atoms with Crippen LogP contribution in [0.5, 0.6) is 0 Å². The number of nitrogens with zero attached hydrogens (tertiary/aromatic N) is 4. The number of aromatic nitrogens is 3. The summed E-state index contributed by atoms with van der Waals surface area (Å²) in [5, 5.41) is 9.95. The number of nitrogens with one attached hydrogen (secondary N) is 2. The van der Waals surface area contributed by atoms with Gasteiger partial charge in [-0.25, -0.2) is 13.4 Å². The highest BCUT2D eigenvalue weighted by atomic mass is 32.2. The third kappa shape index (κ3) is 5.63. The molecule has 1 aromatic carbocycles. The Bertz CT molecular complexity index is 1330. The second kappa shape index (κ2) is 10.6. The summed E-state index contributed by atoms with van der Waals surface area (Å²) in [6, 6.07) is 13.1. The molecule has 1 aliphatic rings. The highest BCUT2D eigenvalue weighted by molar-refractivity contribution is 7.89. The van der Waals surface area contributed by atoms with Crippen LogP contribution in [0, 0.1) is 19.8 Å². The fourth-order valence-electron chi connectivity index (χ4n) is 4.09. The maximum atomic E-state index is 12.9. The van der Waals surface area contributed by atoms with Gasteiger partial charge in [0.15, 0.2) is 5.82 Å². The highest BCUT2D eigenvalue weighted by Crippen LogP contribution is 2.24. The van der Waals surface area contributed by atoms with Gasteiger partial charge in [0.2, 0.25) is 21.8 Å². The Kier molecular flexibility index (Phi) is 7.51. The van der Waals surface area contributed by atoms with Gasteiger partial charge in [0, 0.05) is 31.3 Å². The first-order valence-electron chi connectivity index (χ1n) is 11.8. The zero-order chi connectivity index (χ0) is 25.9. The maximum Gasteiger partial charge on any atom is 0.247 e. The second-order valence-corrected chi connectivity index (χ2v) is 10.9. The third-order valence-electron chi connectivity index (χ3n) is 6.18. The Labute approximate surface area is 210 Å². The molecule has 1 atom stereocenters. The van der Waals surface area contributed by atoms with Gasteiger partial charge < -0.3 is 10.6 Å². The molecular weight excluding hydrogens is 480 g/mol. The van der Waals surface area contributed by atoms with Gasteiger partial charge in [0.25, 0.3) is 0 Å². The van der Waals surface area contributed by atoms with Crippen LogP contribution in [-0.4, -0.2) is 58.4 Å². The van der Waals surface area contributed by atoms with E-state index in [1.807, 2.05) is 19.9 Å². The molecule has 190 valence electrons. The number of rotatable bonds is 7. The molecule has 1 saturated heterocycles. The van der Waals surface area contributed by atoms with Crippen molar-refractivity contribution in [2.75, 3.05) is 18.4 Å². The number of hydrogen-bond donors (Lipinski definition) is 2. The molecule has 0 bridgehead atoms. The Morgan fingerprint density at radius 1 is 1.06 bits per heavy atom. The van der Waals surface area contributed by atoms with Gasteiger partial charge in [0.1, 0.15) is 11.9 Å². The van der Waals surface area contributed by atoms with E-state index in [0.717, 1.165) is 5.56 Å². The number of anilines is 1. The maximum absolute atomic E-state index is 12.9. The molecule has 2 aromatic heterocycles. The third-order valence-corrected chi connectivity index (χ3v) is 8.10. The van der Waals surface area contributed by atoms with Gasteiger partial charge in [-0.3, -0.25) is 9.59 Å². The number of pyridine rings is 1. The molecule has 2 amide bonds. The van der Waals surface area contributed by atoms with Crippen LogP contribution < -0.4 is 10.6 Å². The summed E-state index contributed by atoms with van der Waals surface area (Å²) >= 11 is 0. The number of carbonyl (C=O) groups excluding carboxylic acids is 2. The van der Waals surface area contributed by atoms with Crippen molar-refractivity contribution in [3.05, 3.63) is 66.0 Å². The molecule has 0 unspecified atom stereocenters. The average Bonchev–Trinajstić information content (AvgIpc) is 3.24. The van der Waals surface area contributed by atoms with E-state index in [-0.39, 0.29) is 35.7 Å². The molecule has 3 aromatic rings. The highest BCUT2D eigenvalue weighted by Gasteiger charge is 2.33. The number of piperidine rings is 1. The van der Waals surface area contributed by atoms with Crippen molar-refractivity contribution in [2.45, 2.75) is 44.6 Å². The summed E-state index contributed by atoms with van der Waals surface area (Å²) in [7, 11) is -3.60. The molecule has 1 aliphatic heterocycles. The van der Waals surface area contributed by atoms with Crippen LogP contribution in [0.1, 0.15) is 31.0 Å². The Balaban J connectivity index is 1.33. The van der Waals surface area contributed by atoms with Crippen molar-refractivity contribution >= 4 is 27.7 Å². The average molecular weight is 511 g/mol. The van der Waals surface area contributed by atoms with Crippen molar-refractivity contribution in [2.24, 2.45) is 5.92 Å². The van der Waals surface area contributed by atoms with E-state index < -0.39 is 16.1 Å². The van der Waals surface area contributed by atoms with Crippen LogP contribution >= 0.6 is 0 Å². The van der Waals surface area contributed by atoms with Crippen molar-refractivity contribution < 1.29 is 18.0 Å². The first kappa shape index (κ1) is 25.5. The van der Waals surface area contributed by atoms with E-state index in [1.54, 1.807) is 55.6 Å². The molecule has 36 heavy (non-hydrogen) atoms. The molecular formula is C25H30N6O4S. The molecule has 11 heteroatoms. The predicted octanol–water partition coefficient (Wildman–Crippen LogP) is 2.43. The zero-order valence-electron chi connectivity index (χ0n) is 20.5. The summed E-state index contributed by atoms with van der Waals surface area (Å²) in [6.07, 6.45) is 2.41. The lowest BCUT2D eigenvalue weighted by Crippen LogP contribution is -2.47. The number of sulfonamides is 1. The SMILES string of the molecule is Cc1ccc(S(=O)(=O)N2CCC(C(=O)N[C@@H](C)C(=O)Nc3cc(C)nn3-c3ccccn3)CC2)cc1. The van der Waals surface area contributed by atoms with E-state index >= 15 is 0 Å². The molecule has 0 saturated carbocycles. The lowest BCUT2D eigenvalue weighted by molar-refractivity contribution is -0.129. The molecule has 2 N–H and O–H groups in total. The minimum absolute atomic E-state index is 0.247. The van der Waals surface area contributed by atoms with Crippen LogP contribution in [0.2, 0.25) is 0 Å². The van der Waals surface area contributed by atoms with Crippen molar-refractivity contribution in [1.29, 1.82) is 0 Å². The molecule has 4 rings (SSSR count). The zero-order valence-corrected chi connectivity index (χ0v) is 21.3. The van der Waals surface area contributed by atoms with Gasteiger partial charge in [-0.15, -0.1) is 0 Å². The quantitative estimate of drug-likeness (QED) is 0.503. The minimum atomic E-state index is -3.60. The van der Waals surface area contributed by atoms with E-state index in [1.165, 1.54) is 8.99 Å². The normalized spacial score (nSPS) is 15.9. The van der Waals surface area contributed by atoms with Crippen LogP contribution in [0.25, 0.3) is 5.82 Å². The smallest absolute Gasteiger partial charge is 0.247 e. The summed E-state index contributed by atoms with van der Waals surface area (Å²) in [4.78, 5) is 30.2. The van der Waals surface area contributed by atoms with E-state index in [4.69, 9.17) is 0 Å². The van der Waals surface area contributed by atoms with Gasteiger partial charge in [-0.2, -0.15) is 14.1 Å². The van der Waals surface area contributed by atoms with E-state index in [0.29, 0.717) is 30.2 Å². The fourth-order valence-corrected chi connectivity index (χ4v) is 5.56. The number of carbonyl (C=O) groups is 2. The second-order valence-electron chi connectivity index (χ2n) is 8.98. The van der Waals surface area contributed by atoms with Crippen LogP contribution in [0.3, 0.4) is 0 Å². The van der Waals surface area contributed by atoms with Crippen molar-refractivity contribution in [3.8, 4) is 5.82 Å². The minimum Gasteiger partial charge on any atom is -0.344 e. The molecule has 0 spiro atoms. The number of benzene rings is 1. The topological polar surface area (TPSA) is 126 Å². The lowest BCUT2D eigenvalue weighted by atomic mass is 9.97. The van der Waals surface area contributed by atoms with Gasteiger partial charge >= 0.3 is 0 Å². The Morgan fingerprint density at radius 2 is 1.75 bits per heavy atom. The monoisotopic (exact) mass is 510 g/mol. The fraction of sp³-hybridized carbons (Fsp3) is 0.360. The van der Waals surface area contributed by atoms with Crippen LogP contribution in [-0.2, 0) is 19.6 Å². The van der Waals surface area contributed by atoms with Gasteiger partial charge in [-0.05, 0) is 57.9 Å². The first-order chi connectivity index (χ1) is 17.1. The Morgan fingerprint density at radius 3 is 2.39 bits per heavy atom. The first-order valence-corrected chi connectivity index (χ1v) is 13.3. The van der Waals surface area contributed by atoms with Crippen molar-refractivity contribution in [3.63, 3.8) is 0 Å². The predicted molar refractivity (Wildman–Crippen MR) is 135 cm³/mol. The molecule has 1 fully saturated rings. The molecule has 3 heterocycles. The summed E-state index contributed by atoms with van der Waals surface area (Å²) in [6.45, 7) is 5.82. The van der Waals surface area contributed by atoms with E-state index in [9.17, 15) is 18.0 Å². The van der Waals surface area contributed by atoms with E-state index in [2.05, 4.69) is 20.7 Å². The summed E-state index contributed by atoms with van der Waals surface area (Å²) < 4.78 is 28.8. The molecule has 0 radical (unpaired) electrons. The van der Waals surface area contributed by atoms with Gasteiger partial charge in [0.05, 0.1) is 10.6 Å². The van der Waals surface area contributed by atoms with Crippen LogP contribution in [0.15, 0.2) is 59.6 Å². The number of amides is 2. The van der Waals surface area contributed by atoms with Crippen molar-refractivity contribution in [1.82, 2.24) is 24.4 Å². The number of hydrogen-bond acceptors (Lipinski definition) is 6. The Hall–Kier alpha value is -3.57.